The van der Waals surface area contributed by atoms with Gasteiger partial charge in [-0.3, -0.25) is 0 Å². The van der Waals surface area contributed by atoms with E-state index in [9.17, 15) is 4.79 Å². The third-order valence-corrected chi connectivity index (χ3v) is 1.83. The molecule has 0 aromatic heterocycles. The van der Waals surface area contributed by atoms with Crippen LogP contribution in [-0.2, 0) is 4.74 Å². The lowest BCUT2D eigenvalue weighted by Crippen LogP contribution is -2.45. The first-order valence-electron chi connectivity index (χ1n) is 4.45. The fraction of sp³-hybridized carbons (Fsp3) is 0.875. The first kappa shape index (κ1) is 9.32. The molecule has 0 unspecified atom stereocenters. The number of nitrogens with one attached hydrogen (secondary N) is 2. The molecule has 12 heavy (non-hydrogen) atoms. The normalized spacial score (nSPS) is 23.2. The maximum atomic E-state index is 11.0. The summed E-state index contributed by atoms with van der Waals surface area (Å²) in [6, 6.07) is 0.110. The molecule has 1 fully saturated rings. The van der Waals surface area contributed by atoms with Crippen LogP contribution >= 0.6 is 0 Å². The van der Waals surface area contributed by atoms with Crippen LogP contribution in [0.25, 0.3) is 0 Å². The summed E-state index contributed by atoms with van der Waals surface area (Å²) in [5, 5.41) is 5.53. The number of carbonyl (C=O) groups excluding carboxylic acids is 1. The molecular formula is C8H16N2O2. The Morgan fingerprint density at radius 1 is 1.67 bits per heavy atom. The van der Waals surface area contributed by atoms with Gasteiger partial charge in [-0.1, -0.05) is 0 Å². The van der Waals surface area contributed by atoms with Gasteiger partial charge < -0.3 is 15.4 Å². The Labute approximate surface area is 72.7 Å². The number of carbonyl (C=O) groups is 1. The van der Waals surface area contributed by atoms with E-state index in [2.05, 4.69) is 10.6 Å². The number of ether oxygens (including phenoxy) is 1. The summed E-state index contributed by atoms with van der Waals surface area (Å²) in [6.07, 6.45) is 2.06. The fourth-order valence-electron chi connectivity index (χ4n) is 1.25. The van der Waals surface area contributed by atoms with Gasteiger partial charge in [0.15, 0.2) is 0 Å². The summed E-state index contributed by atoms with van der Waals surface area (Å²) in [7, 11) is 0. The average molecular weight is 172 g/mol. The van der Waals surface area contributed by atoms with Crippen molar-refractivity contribution in [3.8, 4) is 0 Å². The van der Waals surface area contributed by atoms with E-state index in [-0.39, 0.29) is 12.1 Å². The summed E-state index contributed by atoms with van der Waals surface area (Å²) in [6.45, 7) is 4.04. The third-order valence-electron chi connectivity index (χ3n) is 1.83. The molecule has 0 aromatic carbocycles. The molecular weight excluding hydrogens is 156 g/mol. The molecule has 1 aliphatic rings. The molecule has 4 heteroatoms. The number of urea groups is 1. The van der Waals surface area contributed by atoms with Gasteiger partial charge in [0.25, 0.3) is 0 Å². The van der Waals surface area contributed by atoms with E-state index < -0.39 is 0 Å². The second-order valence-corrected chi connectivity index (χ2v) is 2.92. The summed E-state index contributed by atoms with van der Waals surface area (Å²) >= 11 is 0. The van der Waals surface area contributed by atoms with Crippen molar-refractivity contribution in [2.45, 2.75) is 25.8 Å². The lowest BCUT2D eigenvalue weighted by molar-refractivity contribution is 0.0732. The van der Waals surface area contributed by atoms with E-state index in [1.807, 2.05) is 6.92 Å². The number of rotatable bonds is 2. The smallest absolute Gasteiger partial charge is 0.315 e. The highest BCUT2D eigenvalue weighted by atomic mass is 16.5. The standard InChI is InChI=1S/C8H16N2O2/c1-2-9-8(11)10-7-4-3-5-12-6-7/h7H,2-6H2,1H3,(H2,9,10,11)/t7-/m0/s1. The van der Waals surface area contributed by atoms with E-state index in [4.69, 9.17) is 4.74 Å². The van der Waals surface area contributed by atoms with Gasteiger partial charge in [-0.2, -0.15) is 0 Å². The Bertz CT molecular complexity index is 144. The molecule has 1 aliphatic heterocycles. The Balaban J connectivity index is 2.15. The van der Waals surface area contributed by atoms with Crippen LogP contribution in [0.5, 0.6) is 0 Å². The molecule has 1 atom stereocenters. The van der Waals surface area contributed by atoms with Crippen molar-refractivity contribution in [1.29, 1.82) is 0 Å². The second-order valence-electron chi connectivity index (χ2n) is 2.92. The Morgan fingerprint density at radius 3 is 3.08 bits per heavy atom. The average Bonchev–Trinajstić information content (AvgIpc) is 2.06. The molecule has 4 nitrogen and oxygen atoms in total. The third kappa shape index (κ3) is 3.09. The first-order valence-corrected chi connectivity index (χ1v) is 4.45. The molecule has 1 heterocycles. The van der Waals surface area contributed by atoms with Crippen LogP contribution in [0.4, 0.5) is 4.79 Å². The van der Waals surface area contributed by atoms with Crippen LogP contribution in [0.2, 0.25) is 0 Å². The van der Waals surface area contributed by atoms with Gasteiger partial charge in [0, 0.05) is 13.2 Å². The van der Waals surface area contributed by atoms with E-state index in [1.165, 1.54) is 0 Å². The predicted octanol–water partition coefficient (Wildman–Crippen LogP) is 0.484. The minimum Gasteiger partial charge on any atom is -0.379 e. The maximum Gasteiger partial charge on any atom is 0.315 e. The van der Waals surface area contributed by atoms with Crippen molar-refractivity contribution in [3.63, 3.8) is 0 Å². The molecule has 2 amide bonds. The van der Waals surface area contributed by atoms with Crippen LogP contribution in [-0.4, -0.2) is 31.8 Å². The first-order chi connectivity index (χ1) is 5.83. The highest BCUT2D eigenvalue weighted by Crippen LogP contribution is 2.04. The molecule has 0 radical (unpaired) electrons. The van der Waals surface area contributed by atoms with Gasteiger partial charge in [0.1, 0.15) is 0 Å². The monoisotopic (exact) mass is 172 g/mol. The lowest BCUT2D eigenvalue weighted by Gasteiger charge is -2.22. The van der Waals surface area contributed by atoms with Gasteiger partial charge in [0.2, 0.25) is 0 Å². The summed E-state index contributed by atoms with van der Waals surface area (Å²) in [5.41, 5.74) is 0. The van der Waals surface area contributed by atoms with Gasteiger partial charge in [-0.15, -0.1) is 0 Å². The zero-order valence-corrected chi connectivity index (χ0v) is 7.43. The maximum absolute atomic E-state index is 11.0. The Kier molecular flexibility index (Phi) is 3.87. The van der Waals surface area contributed by atoms with Crippen molar-refractivity contribution < 1.29 is 9.53 Å². The summed E-state index contributed by atoms with van der Waals surface area (Å²) < 4.78 is 5.22. The SMILES string of the molecule is CCNC(=O)N[C@H]1CCCOC1. The van der Waals surface area contributed by atoms with E-state index >= 15 is 0 Å². The molecule has 2 N–H and O–H groups in total. The molecule has 70 valence electrons. The summed E-state index contributed by atoms with van der Waals surface area (Å²) in [4.78, 5) is 11.0. The van der Waals surface area contributed by atoms with Crippen molar-refractivity contribution >= 4 is 6.03 Å². The van der Waals surface area contributed by atoms with Gasteiger partial charge in [-0.25, -0.2) is 4.79 Å². The number of hydrogen-bond acceptors (Lipinski definition) is 2. The van der Waals surface area contributed by atoms with Crippen molar-refractivity contribution in [1.82, 2.24) is 10.6 Å². The van der Waals surface area contributed by atoms with Crippen LogP contribution < -0.4 is 10.6 Å². The summed E-state index contributed by atoms with van der Waals surface area (Å²) in [5.74, 6) is 0. The highest BCUT2D eigenvalue weighted by molar-refractivity contribution is 5.74. The topological polar surface area (TPSA) is 50.4 Å². The molecule has 1 saturated heterocycles. The zero-order chi connectivity index (χ0) is 8.81. The van der Waals surface area contributed by atoms with Crippen LogP contribution in [0.15, 0.2) is 0 Å². The number of amides is 2. The van der Waals surface area contributed by atoms with E-state index in [0.29, 0.717) is 13.2 Å². The molecule has 0 saturated carbocycles. The van der Waals surface area contributed by atoms with Gasteiger partial charge in [0.05, 0.1) is 12.6 Å². The van der Waals surface area contributed by atoms with Crippen LogP contribution in [0.1, 0.15) is 19.8 Å². The Hall–Kier alpha value is -0.770. The van der Waals surface area contributed by atoms with E-state index in [0.717, 1.165) is 19.4 Å². The quantitative estimate of drug-likeness (QED) is 0.636. The minimum atomic E-state index is -0.0898. The predicted molar refractivity (Wildman–Crippen MR) is 46.0 cm³/mol. The van der Waals surface area contributed by atoms with Crippen molar-refractivity contribution in [3.05, 3.63) is 0 Å². The van der Waals surface area contributed by atoms with Crippen LogP contribution in [0, 0.1) is 0 Å². The molecule has 0 aromatic rings. The Morgan fingerprint density at radius 2 is 2.50 bits per heavy atom. The fourth-order valence-corrected chi connectivity index (χ4v) is 1.25. The molecule has 1 rings (SSSR count). The van der Waals surface area contributed by atoms with Crippen molar-refractivity contribution in [2.75, 3.05) is 19.8 Å². The molecule has 0 bridgehead atoms. The minimum absolute atomic E-state index is 0.0898. The second kappa shape index (κ2) is 4.98. The van der Waals surface area contributed by atoms with Gasteiger partial charge >= 0.3 is 6.03 Å². The van der Waals surface area contributed by atoms with Crippen LogP contribution in [0.3, 0.4) is 0 Å². The highest BCUT2D eigenvalue weighted by Gasteiger charge is 2.14. The van der Waals surface area contributed by atoms with E-state index in [1.54, 1.807) is 0 Å². The van der Waals surface area contributed by atoms with Gasteiger partial charge in [-0.05, 0) is 19.8 Å². The van der Waals surface area contributed by atoms with Crippen molar-refractivity contribution in [2.24, 2.45) is 0 Å². The number of hydrogen-bond donors (Lipinski definition) is 2. The lowest BCUT2D eigenvalue weighted by atomic mass is 10.1. The molecule has 0 spiro atoms. The largest absolute Gasteiger partial charge is 0.379 e. The zero-order valence-electron chi connectivity index (χ0n) is 7.43. The molecule has 0 aliphatic carbocycles.